The summed E-state index contributed by atoms with van der Waals surface area (Å²) in [6.07, 6.45) is 2.04. The van der Waals surface area contributed by atoms with E-state index in [1.807, 2.05) is 0 Å². The zero-order valence-corrected chi connectivity index (χ0v) is 10.6. The molecule has 2 aliphatic heterocycles. The molecular weight excluding hydrogens is 244 g/mol. The molecule has 3 N–H and O–H groups in total. The van der Waals surface area contributed by atoms with Gasteiger partial charge in [-0.3, -0.25) is 9.59 Å². The number of ether oxygens (including phenoxy) is 1. The van der Waals surface area contributed by atoms with Gasteiger partial charge in [0.1, 0.15) is 11.4 Å². The summed E-state index contributed by atoms with van der Waals surface area (Å²) in [7, 11) is 0. The monoisotopic (exact) mass is 260 g/mol. The SMILES string of the molecule is NC(=O)c1ccc2c(c1)C(=O)CC1(CCNCC1)O2. The molecule has 1 fully saturated rings. The van der Waals surface area contributed by atoms with Crippen molar-refractivity contribution in [2.75, 3.05) is 13.1 Å². The Labute approximate surface area is 111 Å². The topological polar surface area (TPSA) is 81.4 Å². The molecule has 0 unspecified atom stereocenters. The van der Waals surface area contributed by atoms with E-state index in [1.165, 1.54) is 6.07 Å². The van der Waals surface area contributed by atoms with Gasteiger partial charge in [-0.15, -0.1) is 0 Å². The number of benzene rings is 1. The third-order valence-corrected chi connectivity index (χ3v) is 3.89. The number of piperidine rings is 1. The van der Waals surface area contributed by atoms with Crippen molar-refractivity contribution < 1.29 is 14.3 Å². The highest BCUT2D eigenvalue weighted by Crippen LogP contribution is 2.38. The maximum atomic E-state index is 12.3. The minimum atomic E-state index is -0.530. The summed E-state index contributed by atoms with van der Waals surface area (Å²) in [5.74, 6) is 0.0761. The first-order valence-electron chi connectivity index (χ1n) is 6.46. The number of primary amides is 1. The number of hydrogen-bond donors (Lipinski definition) is 2. The molecule has 1 saturated heterocycles. The van der Waals surface area contributed by atoms with Crippen LogP contribution in [-0.4, -0.2) is 30.4 Å². The van der Waals surface area contributed by atoms with Crippen molar-refractivity contribution in [3.05, 3.63) is 29.3 Å². The Balaban J connectivity index is 1.97. The summed E-state index contributed by atoms with van der Waals surface area (Å²) in [5, 5.41) is 3.27. The van der Waals surface area contributed by atoms with Gasteiger partial charge in [0.2, 0.25) is 5.91 Å². The van der Waals surface area contributed by atoms with Gasteiger partial charge in [-0.2, -0.15) is 0 Å². The molecule has 1 amide bonds. The minimum absolute atomic E-state index is 0.0336. The second kappa shape index (κ2) is 4.35. The van der Waals surface area contributed by atoms with E-state index in [9.17, 15) is 9.59 Å². The van der Waals surface area contributed by atoms with Crippen LogP contribution in [0.4, 0.5) is 0 Å². The van der Waals surface area contributed by atoms with Gasteiger partial charge in [0.25, 0.3) is 0 Å². The number of nitrogens with one attached hydrogen (secondary N) is 1. The van der Waals surface area contributed by atoms with Crippen molar-refractivity contribution in [2.24, 2.45) is 5.73 Å². The van der Waals surface area contributed by atoms with Crippen LogP contribution >= 0.6 is 0 Å². The van der Waals surface area contributed by atoms with Crippen LogP contribution in [0.3, 0.4) is 0 Å². The second-order valence-corrected chi connectivity index (χ2v) is 5.21. The Morgan fingerprint density at radius 3 is 2.74 bits per heavy atom. The summed E-state index contributed by atoms with van der Waals surface area (Å²) in [4.78, 5) is 23.4. The molecule has 1 spiro atoms. The maximum Gasteiger partial charge on any atom is 0.248 e. The number of fused-ring (bicyclic) bond motifs is 1. The van der Waals surface area contributed by atoms with Crippen LogP contribution in [0.2, 0.25) is 0 Å². The van der Waals surface area contributed by atoms with Crippen LogP contribution in [0.25, 0.3) is 0 Å². The van der Waals surface area contributed by atoms with Crippen LogP contribution in [0, 0.1) is 0 Å². The summed E-state index contributed by atoms with van der Waals surface area (Å²) in [5.41, 5.74) is 5.67. The number of Topliss-reactive ketones (excluding diaryl/α,β-unsaturated/α-hetero) is 1. The Morgan fingerprint density at radius 1 is 1.32 bits per heavy atom. The molecule has 5 heteroatoms. The summed E-state index contributed by atoms with van der Waals surface area (Å²) >= 11 is 0. The lowest BCUT2D eigenvalue weighted by Gasteiger charge is -2.40. The zero-order chi connectivity index (χ0) is 13.5. The van der Waals surface area contributed by atoms with Crippen molar-refractivity contribution in [3.63, 3.8) is 0 Å². The molecule has 100 valence electrons. The molecule has 0 aromatic heterocycles. The fourth-order valence-electron chi connectivity index (χ4n) is 2.81. The van der Waals surface area contributed by atoms with Gasteiger partial charge in [0.15, 0.2) is 5.78 Å². The standard InChI is InChI=1S/C14H16N2O3/c15-13(18)9-1-2-12-10(7-9)11(17)8-14(19-12)3-5-16-6-4-14/h1-2,7,16H,3-6,8H2,(H2,15,18). The Bertz CT molecular complexity index is 548. The quantitative estimate of drug-likeness (QED) is 0.785. The predicted octanol–water partition coefficient (Wildman–Crippen LogP) is 0.873. The smallest absolute Gasteiger partial charge is 0.248 e. The van der Waals surface area contributed by atoms with Gasteiger partial charge in [-0.1, -0.05) is 0 Å². The van der Waals surface area contributed by atoms with Crippen LogP contribution in [0.15, 0.2) is 18.2 Å². The van der Waals surface area contributed by atoms with Crippen LogP contribution in [0.1, 0.15) is 40.0 Å². The molecule has 0 saturated carbocycles. The lowest BCUT2D eigenvalue weighted by atomic mass is 9.83. The average molecular weight is 260 g/mol. The molecule has 0 atom stereocenters. The predicted molar refractivity (Wildman–Crippen MR) is 69.4 cm³/mol. The molecule has 2 heterocycles. The lowest BCUT2D eigenvalue weighted by Crippen LogP contribution is -2.49. The number of amides is 1. The van der Waals surface area contributed by atoms with Crippen molar-refractivity contribution in [1.29, 1.82) is 0 Å². The molecule has 2 aliphatic rings. The van der Waals surface area contributed by atoms with E-state index < -0.39 is 5.91 Å². The van der Waals surface area contributed by atoms with Crippen molar-refractivity contribution in [2.45, 2.75) is 24.9 Å². The number of carbonyl (C=O) groups is 2. The highest BCUT2D eigenvalue weighted by molar-refractivity contribution is 6.03. The molecule has 5 nitrogen and oxygen atoms in total. The van der Waals surface area contributed by atoms with E-state index in [2.05, 4.69) is 5.32 Å². The molecular formula is C14H16N2O3. The summed E-state index contributed by atoms with van der Waals surface area (Å²) in [6.45, 7) is 1.73. The summed E-state index contributed by atoms with van der Waals surface area (Å²) in [6, 6.07) is 4.82. The molecule has 3 rings (SSSR count). The Morgan fingerprint density at radius 2 is 2.05 bits per heavy atom. The van der Waals surface area contributed by atoms with Gasteiger partial charge < -0.3 is 15.8 Å². The van der Waals surface area contributed by atoms with Gasteiger partial charge >= 0.3 is 0 Å². The number of ketones is 1. The first kappa shape index (κ1) is 12.2. The number of nitrogens with two attached hydrogens (primary N) is 1. The molecule has 0 radical (unpaired) electrons. The molecule has 0 bridgehead atoms. The van der Waals surface area contributed by atoms with Gasteiger partial charge in [-0.05, 0) is 31.3 Å². The largest absolute Gasteiger partial charge is 0.486 e. The minimum Gasteiger partial charge on any atom is -0.486 e. The van der Waals surface area contributed by atoms with E-state index in [1.54, 1.807) is 12.1 Å². The van der Waals surface area contributed by atoms with E-state index in [4.69, 9.17) is 10.5 Å². The molecule has 19 heavy (non-hydrogen) atoms. The first-order valence-corrected chi connectivity index (χ1v) is 6.46. The van der Waals surface area contributed by atoms with Crippen LogP contribution in [0.5, 0.6) is 5.75 Å². The number of hydrogen-bond acceptors (Lipinski definition) is 4. The first-order chi connectivity index (χ1) is 9.10. The Hall–Kier alpha value is -1.88. The Kier molecular flexibility index (Phi) is 2.78. The number of rotatable bonds is 1. The number of carbonyl (C=O) groups excluding carboxylic acids is 2. The third kappa shape index (κ3) is 2.10. The van der Waals surface area contributed by atoms with Gasteiger partial charge in [0, 0.05) is 18.4 Å². The maximum absolute atomic E-state index is 12.3. The van der Waals surface area contributed by atoms with E-state index in [-0.39, 0.29) is 11.4 Å². The van der Waals surface area contributed by atoms with E-state index in [0.717, 1.165) is 25.9 Å². The molecule has 0 aliphatic carbocycles. The van der Waals surface area contributed by atoms with E-state index in [0.29, 0.717) is 23.3 Å². The zero-order valence-electron chi connectivity index (χ0n) is 10.6. The molecule has 1 aromatic carbocycles. The fourth-order valence-corrected chi connectivity index (χ4v) is 2.81. The lowest BCUT2D eigenvalue weighted by molar-refractivity contribution is 0.0187. The van der Waals surface area contributed by atoms with Crippen molar-refractivity contribution in [1.82, 2.24) is 5.32 Å². The summed E-state index contributed by atoms with van der Waals surface area (Å²) < 4.78 is 6.05. The van der Waals surface area contributed by atoms with Crippen LogP contribution < -0.4 is 15.8 Å². The van der Waals surface area contributed by atoms with Crippen LogP contribution in [-0.2, 0) is 0 Å². The fraction of sp³-hybridized carbons (Fsp3) is 0.429. The van der Waals surface area contributed by atoms with Gasteiger partial charge in [-0.25, -0.2) is 0 Å². The van der Waals surface area contributed by atoms with Gasteiger partial charge in [0.05, 0.1) is 12.0 Å². The third-order valence-electron chi connectivity index (χ3n) is 3.89. The average Bonchev–Trinajstić information content (AvgIpc) is 2.39. The van der Waals surface area contributed by atoms with Crippen molar-refractivity contribution in [3.8, 4) is 5.75 Å². The van der Waals surface area contributed by atoms with Crippen molar-refractivity contribution >= 4 is 11.7 Å². The van der Waals surface area contributed by atoms with E-state index >= 15 is 0 Å². The highest BCUT2D eigenvalue weighted by Gasteiger charge is 2.41. The molecule has 1 aromatic rings. The normalized spacial score (nSPS) is 20.7. The second-order valence-electron chi connectivity index (χ2n) is 5.21. The highest BCUT2D eigenvalue weighted by atomic mass is 16.5.